The van der Waals surface area contributed by atoms with Crippen LogP contribution in [0.3, 0.4) is 0 Å². The van der Waals surface area contributed by atoms with E-state index < -0.39 is 0 Å². The Morgan fingerprint density at radius 3 is 2.52 bits per heavy atom. The van der Waals surface area contributed by atoms with Gasteiger partial charge < -0.3 is 14.8 Å². The SMILES string of the molecule is COc1cc(CCC(=O)NCc2nc3ccccc3s2)cc(OC)c1. The molecule has 1 aromatic heterocycles. The predicted molar refractivity (Wildman–Crippen MR) is 99.3 cm³/mol. The van der Waals surface area contributed by atoms with Gasteiger partial charge in [0.1, 0.15) is 16.5 Å². The second-order valence-corrected chi connectivity index (χ2v) is 6.69. The smallest absolute Gasteiger partial charge is 0.220 e. The summed E-state index contributed by atoms with van der Waals surface area (Å²) >= 11 is 1.60. The van der Waals surface area contributed by atoms with E-state index in [1.807, 2.05) is 42.5 Å². The lowest BCUT2D eigenvalue weighted by molar-refractivity contribution is -0.121. The lowest BCUT2D eigenvalue weighted by atomic mass is 10.1. The average Bonchev–Trinajstić information content (AvgIpc) is 3.07. The Labute approximate surface area is 150 Å². The minimum atomic E-state index is 0.000966. The molecule has 0 aliphatic heterocycles. The van der Waals surface area contributed by atoms with Crippen molar-refractivity contribution in [2.75, 3.05) is 14.2 Å². The van der Waals surface area contributed by atoms with Crippen molar-refractivity contribution < 1.29 is 14.3 Å². The van der Waals surface area contributed by atoms with Gasteiger partial charge in [-0.1, -0.05) is 12.1 Å². The molecule has 5 nitrogen and oxygen atoms in total. The number of nitrogens with zero attached hydrogens (tertiary/aromatic N) is 1. The number of carbonyl (C=O) groups is 1. The molecule has 6 heteroatoms. The predicted octanol–water partition coefficient (Wildman–Crippen LogP) is 3.56. The molecule has 1 heterocycles. The number of benzene rings is 2. The number of aromatic nitrogens is 1. The van der Waals surface area contributed by atoms with Crippen molar-refractivity contribution in [2.24, 2.45) is 0 Å². The number of aryl methyl sites for hydroxylation is 1. The zero-order chi connectivity index (χ0) is 17.6. The molecule has 0 unspecified atom stereocenters. The first-order chi connectivity index (χ1) is 12.2. The number of methoxy groups -OCH3 is 2. The minimum absolute atomic E-state index is 0.000966. The molecular weight excluding hydrogens is 336 g/mol. The standard InChI is InChI=1S/C19H20N2O3S/c1-23-14-9-13(10-15(11-14)24-2)7-8-18(22)20-12-19-21-16-5-3-4-6-17(16)25-19/h3-6,9-11H,7-8,12H2,1-2H3,(H,20,22). The Morgan fingerprint density at radius 1 is 1.12 bits per heavy atom. The number of thiazole rings is 1. The summed E-state index contributed by atoms with van der Waals surface area (Å²) in [6.45, 7) is 0.458. The van der Waals surface area contributed by atoms with Gasteiger partial charge in [-0.15, -0.1) is 11.3 Å². The average molecular weight is 356 g/mol. The van der Waals surface area contributed by atoms with Crippen LogP contribution in [0.1, 0.15) is 17.0 Å². The van der Waals surface area contributed by atoms with Crippen molar-refractivity contribution in [1.82, 2.24) is 10.3 Å². The third-order valence-corrected chi connectivity index (χ3v) is 4.86. The summed E-state index contributed by atoms with van der Waals surface area (Å²) in [5.41, 5.74) is 1.98. The maximum Gasteiger partial charge on any atom is 0.220 e. The Bertz CT molecular complexity index is 821. The van der Waals surface area contributed by atoms with E-state index in [9.17, 15) is 4.79 Å². The van der Waals surface area contributed by atoms with E-state index >= 15 is 0 Å². The number of ether oxygens (including phenoxy) is 2. The van der Waals surface area contributed by atoms with Gasteiger partial charge in [-0.2, -0.15) is 0 Å². The normalized spacial score (nSPS) is 10.6. The molecule has 1 N–H and O–H groups in total. The molecule has 0 bridgehead atoms. The van der Waals surface area contributed by atoms with E-state index in [0.29, 0.717) is 19.4 Å². The third-order valence-electron chi connectivity index (χ3n) is 3.83. The molecule has 0 saturated heterocycles. The molecule has 0 saturated carbocycles. The highest BCUT2D eigenvalue weighted by Gasteiger charge is 2.08. The molecule has 3 aromatic rings. The second kappa shape index (κ2) is 7.98. The monoisotopic (exact) mass is 356 g/mol. The summed E-state index contributed by atoms with van der Waals surface area (Å²) in [5.74, 6) is 1.45. The summed E-state index contributed by atoms with van der Waals surface area (Å²) in [5, 5.41) is 3.85. The molecule has 0 atom stereocenters. The minimum Gasteiger partial charge on any atom is -0.497 e. The first-order valence-electron chi connectivity index (χ1n) is 8.01. The van der Waals surface area contributed by atoms with Gasteiger partial charge in [0.25, 0.3) is 0 Å². The summed E-state index contributed by atoms with van der Waals surface area (Å²) in [7, 11) is 3.23. The van der Waals surface area contributed by atoms with Crippen LogP contribution in [0.25, 0.3) is 10.2 Å². The molecule has 0 aliphatic carbocycles. The van der Waals surface area contributed by atoms with E-state index in [4.69, 9.17) is 9.47 Å². The van der Waals surface area contributed by atoms with Crippen LogP contribution in [-0.4, -0.2) is 25.1 Å². The third kappa shape index (κ3) is 4.48. The van der Waals surface area contributed by atoms with Crippen molar-refractivity contribution in [3.8, 4) is 11.5 Å². The number of hydrogen-bond donors (Lipinski definition) is 1. The van der Waals surface area contributed by atoms with Crippen molar-refractivity contribution in [3.05, 3.63) is 53.0 Å². The van der Waals surface area contributed by atoms with Gasteiger partial charge in [0.2, 0.25) is 5.91 Å². The van der Waals surface area contributed by atoms with Gasteiger partial charge in [0, 0.05) is 12.5 Å². The van der Waals surface area contributed by atoms with E-state index in [1.54, 1.807) is 25.6 Å². The van der Waals surface area contributed by atoms with Crippen molar-refractivity contribution in [1.29, 1.82) is 0 Å². The largest absolute Gasteiger partial charge is 0.497 e. The number of amides is 1. The van der Waals surface area contributed by atoms with E-state index in [0.717, 1.165) is 32.3 Å². The first-order valence-corrected chi connectivity index (χ1v) is 8.82. The van der Waals surface area contributed by atoms with Gasteiger partial charge in [-0.3, -0.25) is 4.79 Å². The zero-order valence-electron chi connectivity index (χ0n) is 14.2. The summed E-state index contributed by atoms with van der Waals surface area (Å²) < 4.78 is 11.6. The topological polar surface area (TPSA) is 60.5 Å². The first kappa shape index (κ1) is 17.2. The van der Waals surface area contributed by atoms with Crippen molar-refractivity contribution >= 4 is 27.5 Å². The van der Waals surface area contributed by atoms with Crippen LogP contribution >= 0.6 is 11.3 Å². The van der Waals surface area contributed by atoms with E-state index in [1.165, 1.54) is 0 Å². The Morgan fingerprint density at radius 2 is 1.84 bits per heavy atom. The fourth-order valence-corrected chi connectivity index (χ4v) is 3.43. The molecule has 0 radical (unpaired) electrons. The molecular formula is C19H20N2O3S. The maximum atomic E-state index is 12.1. The number of hydrogen-bond acceptors (Lipinski definition) is 5. The number of para-hydroxylation sites is 1. The fourth-order valence-electron chi connectivity index (χ4n) is 2.53. The Balaban J connectivity index is 1.54. The van der Waals surface area contributed by atoms with Crippen LogP contribution in [0.2, 0.25) is 0 Å². The number of nitrogens with one attached hydrogen (secondary N) is 1. The van der Waals surface area contributed by atoms with Crippen LogP contribution in [0.4, 0.5) is 0 Å². The molecule has 0 fully saturated rings. The van der Waals surface area contributed by atoms with Crippen LogP contribution in [0.5, 0.6) is 11.5 Å². The van der Waals surface area contributed by atoms with Gasteiger partial charge in [-0.05, 0) is 36.2 Å². The summed E-state index contributed by atoms with van der Waals surface area (Å²) in [6, 6.07) is 13.6. The lowest BCUT2D eigenvalue weighted by Gasteiger charge is -2.08. The quantitative estimate of drug-likeness (QED) is 0.703. The highest BCUT2D eigenvalue weighted by molar-refractivity contribution is 7.18. The van der Waals surface area contributed by atoms with Crippen LogP contribution in [0, 0.1) is 0 Å². The summed E-state index contributed by atoms with van der Waals surface area (Å²) in [4.78, 5) is 16.6. The van der Waals surface area contributed by atoms with E-state index in [2.05, 4.69) is 10.3 Å². The second-order valence-electron chi connectivity index (χ2n) is 5.57. The molecule has 3 rings (SSSR count). The molecule has 130 valence electrons. The fraction of sp³-hybridized carbons (Fsp3) is 0.263. The Kier molecular flexibility index (Phi) is 5.50. The molecule has 2 aromatic carbocycles. The molecule has 1 amide bonds. The highest BCUT2D eigenvalue weighted by Crippen LogP contribution is 2.23. The lowest BCUT2D eigenvalue weighted by Crippen LogP contribution is -2.22. The zero-order valence-corrected chi connectivity index (χ0v) is 15.1. The van der Waals surface area contributed by atoms with Crippen LogP contribution < -0.4 is 14.8 Å². The van der Waals surface area contributed by atoms with Gasteiger partial charge in [0.05, 0.1) is 31.0 Å². The van der Waals surface area contributed by atoms with Crippen molar-refractivity contribution in [2.45, 2.75) is 19.4 Å². The summed E-state index contributed by atoms with van der Waals surface area (Å²) in [6.07, 6.45) is 1.03. The highest BCUT2D eigenvalue weighted by atomic mass is 32.1. The maximum absolute atomic E-state index is 12.1. The van der Waals surface area contributed by atoms with Gasteiger partial charge in [0.15, 0.2) is 0 Å². The molecule has 0 aliphatic rings. The molecule has 25 heavy (non-hydrogen) atoms. The van der Waals surface area contributed by atoms with Crippen LogP contribution in [-0.2, 0) is 17.8 Å². The van der Waals surface area contributed by atoms with Crippen molar-refractivity contribution in [3.63, 3.8) is 0 Å². The number of rotatable bonds is 7. The number of fused-ring (bicyclic) bond motifs is 1. The number of carbonyl (C=O) groups excluding carboxylic acids is 1. The van der Waals surface area contributed by atoms with Gasteiger partial charge >= 0.3 is 0 Å². The van der Waals surface area contributed by atoms with E-state index in [-0.39, 0.29) is 5.91 Å². The molecule has 0 spiro atoms. The van der Waals surface area contributed by atoms with Crippen LogP contribution in [0.15, 0.2) is 42.5 Å². The Hall–Kier alpha value is -2.60. The van der Waals surface area contributed by atoms with Gasteiger partial charge in [-0.25, -0.2) is 4.98 Å².